The van der Waals surface area contributed by atoms with Crippen molar-refractivity contribution in [3.05, 3.63) is 24.3 Å². The fraction of sp³-hybridized carbons (Fsp3) is 0.385. The Hall–Kier alpha value is -2.04. The van der Waals surface area contributed by atoms with Crippen LogP contribution in [0.4, 0.5) is 5.69 Å². The lowest BCUT2D eigenvalue weighted by Crippen LogP contribution is -2.29. The second-order valence-electron chi connectivity index (χ2n) is 3.82. The summed E-state index contributed by atoms with van der Waals surface area (Å²) in [6.07, 6.45) is 0.883. The summed E-state index contributed by atoms with van der Waals surface area (Å²) in [4.78, 5) is 22.4. The van der Waals surface area contributed by atoms with E-state index >= 15 is 0 Å². The Morgan fingerprint density at radius 1 is 1.28 bits per heavy atom. The topological polar surface area (TPSA) is 67.4 Å². The normalized spacial score (nSPS) is 9.67. The molecule has 0 fully saturated rings. The third kappa shape index (κ3) is 4.86. The molecule has 0 spiro atoms. The van der Waals surface area contributed by atoms with Crippen molar-refractivity contribution < 1.29 is 14.3 Å². The molecule has 0 aliphatic carbocycles. The molecule has 0 aromatic heterocycles. The molecule has 0 heterocycles. The first kappa shape index (κ1) is 14.0. The molecule has 1 aromatic carbocycles. The van der Waals surface area contributed by atoms with Gasteiger partial charge in [0, 0.05) is 13.5 Å². The molecule has 0 saturated heterocycles. The number of rotatable bonds is 6. The number of carbonyl (C=O) groups excluding carboxylic acids is 2. The zero-order chi connectivity index (χ0) is 13.4. The molecular weight excluding hydrogens is 232 g/mol. The molecule has 1 aromatic rings. The van der Waals surface area contributed by atoms with Crippen molar-refractivity contribution in [3.63, 3.8) is 0 Å². The Morgan fingerprint density at radius 2 is 2.00 bits per heavy atom. The lowest BCUT2D eigenvalue weighted by Gasteiger charge is -2.11. The zero-order valence-corrected chi connectivity index (χ0v) is 10.7. The number of anilines is 1. The van der Waals surface area contributed by atoms with Crippen LogP contribution in [0.2, 0.25) is 0 Å². The first-order chi connectivity index (χ1) is 8.63. The van der Waals surface area contributed by atoms with E-state index in [1.54, 1.807) is 24.3 Å². The summed E-state index contributed by atoms with van der Waals surface area (Å²) in [7, 11) is 0. The van der Waals surface area contributed by atoms with Gasteiger partial charge < -0.3 is 15.4 Å². The van der Waals surface area contributed by atoms with Crippen molar-refractivity contribution in [2.75, 3.05) is 18.5 Å². The first-order valence-electron chi connectivity index (χ1n) is 5.89. The minimum atomic E-state index is -0.179. The van der Waals surface area contributed by atoms with Crippen LogP contribution in [-0.4, -0.2) is 25.0 Å². The smallest absolute Gasteiger partial charge is 0.257 e. The van der Waals surface area contributed by atoms with Gasteiger partial charge in [-0.1, -0.05) is 19.1 Å². The molecule has 2 N–H and O–H groups in total. The highest BCUT2D eigenvalue weighted by Crippen LogP contribution is 2.23. The standard InChI is InChI=1S/C13H18N2O3/c1-3-8-14-13(17)9-18-12-7-5-4-6-11(12)15-10(2)16/h4-7H,3,8-9H2,1-2H3,(H,14,17)(H,15,16). The van der Waals surface area contributed by atoms with Gasteiger partial charge in [-0.25, -0.2) is 0 Å². The van der Waals surface area contributed by atoms with E-state index in [2.05, 4.69) is 10.6 Å². The molecule has 0 unspecified atom stereocenters. The van der Waals surface area contributed by atoms with Crippen LogP contribution >= 0.6 is 0 Å². The highest BCUT2D eigenvalue weighted by Gasteiger charge is 2.06. The van der Waals surface area contributed by atoms with E-state index in [9.17, 15) is 9.59 Å². The highest BCUT2D eigenvalue weighted by atomic mass is 16.5. The van der Waals surface area contributed by atoms with Gasteiger partial charge in [0.2, 0.25) is 5.91 Å². The fourth-order valence-corrected chi connectivity index (χ4v) is 1.34. The molecule has 5 nitrogen and oxygen atoms in total. The molecule has 18 heavy (non-hydrogen) atoms. The summed E-state index contributed by atoms with van der Waals surface area (Å²) in [5, 5.41) is 5.36. The molecule has 0 atom stereocenters. The molecule has 0 bridgehead atoms. The second kappa shape index (κ2) is 7.32. The van der Waals surface area contributed by atoms with Crippen molar-refractivity contribution in [1.82, 2.24) is 5.32 Å². The van der Waals surface area contributed by atoms with Crippen LogP contribution in [0.5, 0.6) is 5.75 Å². The SMILES string of the molecule is CCCNC(=O)COc1ccccc1NC(C)=O. The van der Waals surface area contributed by atoms with E-state index in [-0.39, 0.29) is 18.4 Å². The van der Waals surface area contributed by atoms with Gasteiger partial charge in [-0.3, -0.25) is 9.59 Å². The van der Waals surface area contributed by atoms with Gasteiger partial charge >= 0.3 is 0 Å². The number of amides is 2. The third-order valence-corrected chi connectivity index (χ3v) is 2.13. The maximum absolute atomic E-state index is 11.4. The fourth-order valence-electron chi connectivity index (χ4n) is 1.34. The maximum Gasteiger partial charge on any atom is 0.257 e. The Balaban J connectivity index is 2.55. The quantitative estimate of drug-likeness (QED) is 0.805. The maximum atomic E-state index is 11.4. The Kier molecular flexibility index (Phi) is 5.70. The Labute approximate surface area is 107 Å². The van der Waals surface area contributed by atoms with E-state index in [1.807, 2.05) is 6.92 Å². The van der Waals surface area contributed by atoms with Crippen LogP contribution in [0.3, 0.4) is 0 Å². The molecule has 5 heteroatoms. The van der Waals surface area contributed by atoms with Crippen molar-refractivity contribution in [2.45, 2.75) is 20.3 Å². The number of hydrogen-bond acceptors (Lipinski definition) is 3. The Bertz CT molecular complexity index is 418. The van der Waals surface area contributed by atoms with Crippen LogP contribution in [0.1, 0.15) is 20.3 Å². The predicted octanol–water partition coefficient (Wildman–Crippen LogP) is 1.55. The number of ether oxygens (including phenoxy) is 1. The number of hydrogen-bond donors (Lipinski definition) is 2. The van der Waals surface area contributed by atoms with Crippen molar-refractivity contribution in [2.24, 2.45) is 0 Å². The molecule has 98 valence electrons. The monoisotopic (exact) mass is 250 g/mol. The summed E-state index contributed by atoms with van der Waals surface area (Å²) in [5.41, 5.74) is 0.563. The summed E-state index contributed by atoms with van der Waals surface area (Å²) in [6, 6.07) is 7.00. The molecule has 0 saturated carbocycles. The minimum Gasteiger partial charge on any atom is -0.482 e. The van der Waals surface area contributed by atoms with Gasteiger partial charge in [0.25, 0.3) is 5.91 Å². The number of para-hydroxylation sites is 2. The van der Waals surface area contributed by atoms with E-state index in [1.165, 1.54) is 6.92 Å². The number of carbonyl (C=O) groups is 2. The van der Waals surface area contributed by atoms with Gasteiger partial charge in [-0.05, 0) is 18.6 Å². The zero-order valence-electron chi connectivity index (χ0n) is 10.7. The van der Waals surface area contributed by atoms with Gasteiger partial charge in [0.1, 0.15) is 5.75 Å². The van der Waals surface area contributed by atoms with E-state index in [0.717, 1.165) is 6.42 Å². The summed E-state index contributed by atoms with van der Waals surface area (Å²) in [6.45, 7) is 3.98. The average Bonchev–Trinajstić information content (AvgIpc) is 2.34. The third-order valence-electron chi connectivity index (χ3n) is 2.13. The number of benzene rings is 1. The lowest BCUT2D eigenvalue weighted by atomic mass is 10.3. The van der Waals surface area contributed by atoms with Crippen molar-refractivity contribution >= 4 is 17.5 Å². The van der Waals surface area contributed by atoms with Crippen LogP contribution < -0.4 is 15.4 Å². The lowest BCUT2D eigenvalue weighted by molar-refractivity contribution is -0.123. The number of nitrogens with one attached hydrogen (secondary N) is 2. The van der Waals surface area contributed by atoms with Gasteiger partial charge in [-0.2, -0.15) is 0 Å². The van der Waals surface area contributed by atoms with Crippen LogP contribution in [0, 0.1) is 0 Å². The second-order valence-corrected chi connectivity index (χ2v) is 3.82. The molecule has 0 aliphatic rings. The summed E-state index contributed by atoms with van der Waals surface area (Å²) < 4.78 is 5.37. The van der Waals surface area contributed by atoms with Gasteiger partial charge in [0.05, 0.1) is 5.69 Å². The summed E-state index contributed by atoms with van der Waals surface area (Å²) >= 11 is 0. The molecule has 0 radical (unpaired) electrons. The summed E-state index contributed by atoms with van der Waals surface area (Å²) in [5.74, 6) is 0.135. The molecule has 1 rings (SSSR count). The van der Waals surface area contributed by atoms with Crippen LogP contribution in [0.25, 0.3) is 0 Å². The largest absolute Gasteiger partial charge is 0.482 e. The van der Waals surface area contributed by atoms with Crippen LogP contribution in [-0.2, 0) is 9.59 Å². The van der Waals surface area contributed by atoms with Gasteiger partial charge in [-0.15, -0.1) is 0 Å². The average molecular weight is 250 g/mol. The highest BCUT2D eigenvalue weighted by molar-refractivity contribution is 5.90. The van der Waals surface area contributed by atoms with Crippen molar-refractivity contribution in [3.8, 4) is 5.75 Å². The molecule has 0 aliphatic heterocycles. The van der Waals surface area contributed by atoms with Crippen LogP contribution in [0.15, 0.2) is 24.3 Å². The van der Waals surface area contributed by atoms with E-state index in [0.29, 0.717) is 18.0 Å². The minimum absolute atomic E-state index is 0.0589. The molecule has 2 amide bonds. The molecular formula is C13H18N2O3. The Morgan fingerprint density at radius 3 is 2.67 bits per heavy atom. The van der Waals surface area contributed by atoms with E-state index in [4.69, 9.17) is 4.74 Å². The predicted molar refractivity (Wildman–Crippen MR) is 69.5 cm³/mol. The van der Waals surface area contributed by atoms with Crippen molar-refractivity contribution in [1.29, 1.82) is 0 Å². The first-order valence-corrected chi connectivity index (χ1v) is 5.89. The van der Waals surface area contributed by atoms with Gasteiger partial charge in [0.15, 0.2) is 6.61 Å². The van der Waals surface area contributed by atoms with E-state index < -0.39 is 0 Å².